The van der Waals surface area contributed by atoms with Gasteiger partial charge in [0.05, 0.1) is 0 Å². The van der Waals surface area contributed by atoms with Gasteiger partial charge < -0.3 is 5.32 Å². The molecule has 0 atom stereocenters. The summed E-state index contributed by atoms with van der Waals surface area (Å²) in [6.45, 7) is 15.0. The summed E-state index contributed by atoms with van der Waals surface area (Å²) in [5, 5.41) is 3.58. The standard InChI is InChI=1S/C19H32N2/c1-16(2)12-20-13-17-8-5-6-9-18(17)14-21-11-7-10-19(3,4)15-21/h5-6,8-9,16,20H,7,10-15H2,1-4H3. The Hall–Kier alpha value is -0.860. The van der Waals surface area contributed by atoms with E-state index in [4.69, 9.17) is 0 Å². The van der Waals surface area contributed by atoms with Gasteiger partial charge in [0, 0.05) is 19.6 Å². The Morgan fingerprint density at radius 2 is 1.90 bits per heavy atom. The number of nitrogens with zero attached hydrogens (tertiary/aromatic N) is 1. The third kappa shape index (κ3) is 5.44. The Labute approximate surface area is 130 Å². The van der Waals surface area contributed by atoms with Gasteiger partial charge in [-0.3, -0.25) is 4.90 Å². The highest BCUT2D eigenvalue weighted by Crippen LogP contribution is 2.29. The molecule has 0 unspecified atom stereocenters. The lowest BCUT2D eigenvalue weighted by Gasteiger charge is -2.38. The van der Waals surface area contributed by atoms with Gasteiger partial charge in [0.2, 0.25) is 0 Å². The van der Waals surface area contributed by atoms with Gasteiger partial charge in [-0.25, -0.2) is 0 Å². The fourth-order valence-corrected chi connectivity index (χ4v) is 3.30. The predicted molar refractivity (Wildman–Crippen MR) is 91.3 cm³/mol. The van der Waals surface area contributed by atoms with Crippen LogP contribution in [0.4, 0.5) is 0 Å². The molecule has 1 aliphatic rings. The lowest BCUT2D eigenvalue weighted by atomic mass is 9.84. The number of likely N-dealkylation sites (tertiary alicyclic amines) is 1. The fourth-order valence-electron chi connectivity index (χ4n) is 3.30. The Kier molecular flexibility index (Phi) is 5.83. The molecule has 118 valence electrons. The largest absolute Gasteiger partial charge is 0.312 e. The van der Waals surface area contributed by atoms with E-state index >= 15 is 0 Å². The van der Waals surface area contributed by atoms with Crippen molar-refractivity contribution in [3.8, 4) is 0 Å². The van der Waals surface area contributed by atoms with Gasteiger partial charge in [-0.1, -0.05) is 52.0 Å². The van der Waals surface area contributed by atoms with Crippen molar-refractivity contribution in [3.05, 3.63) is 35.4 Å². The van der Waals surface area contributed by atoms with E-state index in [0.29, 0.717) is 11.3 Å². The molecule has 2 nitrogen and oxygen atoms in total. The minimum atomic E-state index is 0.475. The van der Waals surface area contributed by atoms with Crippen LogP contribution in [0.5, 0.6) is 0 Å². The zero-order valence-electron chi connectivity index (χ0n) is 14.3. The first-order chi connectivity index (χ1) is 9.96. The Morgan fingerprint density at radius 1 is 1.19 bits per heavy atom. The minimum Gasteiger partial charge on any atom is -0.312 e. The summed E-state index contributed by atoms with van der Waals surface area (Å²) in [6, 6.07) is 8.91. The van der Waals surface area contributed by atoms with Gasteiger partial charge in [0.25, 0.3) is 0 Å². The van der Waals surface area contributed by atoms with E-state index in [2.05, 4.69) is 62.2 Å². The van der Waals surface area contributed by atoms with E-state index in [1.54, 1.807) is 0 Å². The summed E-state index contributed by atoms with van der Waals surface area (Å²) < 4.78 is 0. The maximum absolute atomic E-state index is 3.58. The zero-order valence-corrected chi connectivity index (χ0v) is 14.3. The molecule has 0 amide bonds. The summed E-state index contributed by atoms with van der Waals surface area (Å²) in [7, 11) is 0. The van der Waals surface area contributed by atoms with Crippen molar-refractivity contribution in [1.82, 2.24) is 10.2 Å². The third-order valence-corrected chi connectivity index (χ3v) is 4.36. The first-order valence-electron chi connectivity index (χ1n) is 8.46. The monoisotopic (exact) mass is 288 g/mol. The normalized spacial score (nSPS) is 19.1. The maximum atomic E-state index is 3.58. The minimum absolute atomic E-state index is 0.475. The smallest absolute Gasteiger partial charge is 0.0237 e. The molecule has 21 heavy (non-hydrogen) atoms. The summed E-state index contributed by atoms with van der Waals surface area (Å²) in [5.74, 6) is 0.708. The summed E-state index contributed by atoms with van der Waals surface area (Å²) >= 11 is 0. The summed E-state index contributed by atoms with van der Waals surface area (Å²) in [5.41, 5.74) is 3.43. The lowest BCUT2D eigenvalue weighted by molar-refractivity contribution is 0.111. The Morgan fingerprint density at radius 3 is 2.57 bits per heavy atom. The number of hydrogen-bond acceptors (Lipinski definition) is 2. The molecular formula is C19H32N2. The second kappa shape index (κ2) is 7.42. The number of benzene rings is 1. The average Bonchev–Trinajstić information content (AvgIpc) is 2.39. The van der Waals surface area contributed by atoms with Crippen LogP contribution in [0, 0.1) is 11.3 Å². The van der Waals surface area contributed by atoms with Crippen molar-refractivity contribution in [2.75, 3.05) is 19.6 Å². The van der Waals surface area contributed by atoms with Crippen LogP contribution in [0.25, 0.3) is 0 Å². The van der Waals surface area contributed by atoms with Crippen molar-refractivity contribution in [1.29, 1.82) is 0 Å². The van der Waals surface area contributed by atoms with E-state index in [1.807, 2.05) is 0 Å². The molecule has 0 aliphatic carbocycles. The molecule has 1 aliphatic heterocycles. The van der Waals surface area contributed by atoms with E-state index in [1.165, 1.54) is 37.1 Å². The van der Waals surface area contributed by atoms with E-state index in [-0.39, 0.29) is 0 Å². The highest BCUT2D eigenvalue weighted by atomic mass is 15.1. The van der Waals surface area contributed by atoms with E-state index in [9.17, 15) is 0 Å². The Bertz CT molecular complexity index is 437. The highest BCUT2D eigenvalue weighted by Gasteiger charge is 2.26. The van der Waals surface area contributed by atoms with Crippen molar-refractivity contribution < 1.29 is 0 Å². The zero-order chi connectivity index (χ0) is 15.3. The summed E-state index contributed by atoms with van der Waals surface area (Å²) in [4.78, 5) is 2.63. The van der Waals surface area contributed by atoms with Gasteiger partial charge >= 0.3 is 0 Å². The second-order valence-corrected chi connectivity index (χ2v) is 7.77. The highest BCUT2D eigenvalue weighted by molar-refractivity contribution is 5.27. The van der Waals surface area contributed by atoms with E-state index < -0.39 is 0 Å². The van der Waals surface area contributed by atoms with Crippen molar-refractivity contribution in [2.45, 2.75) is 53.6 Å². The number of nitrogens with one attached hydrogen (secondary N) is 1. The van der Waals surface area contributed by atoms with Crippen LogP contribution in [0.2, 0.25) is 0 Å². The molecule has 1 fully saturated rings. The van der Waals surface area contributed by atoms with Crippen molar-refractivity contribution in [3.63, 3.8) is 0 Å². The van der Waals surface area contributed by atoms with Gasteiger partial charge in [0.1, 0.15) is 0 Å². The third-order valence-electron chi connectivity index (χ3n) is 4.36. The van der Waals surface area contributed by atoms with Gasteiger partial charge in [-0.05, 0) is 48.4 Å². The molecule has 0 aromatic heterocycles. The maximum Gasteiger partial charge on any atom is 0.0237 e. The molecule has 1 heterocycles. The van der Waals surface area contributed by atoms with Gasteiger partial charge in [0.15, 0.2) is 0 Å². The number of piperidine rings is 1. The average molecular weight is 288 g/mol. The van der Waals surface area contributed by atoms with E-state index in [0.717, 1.165) is 19.6 Å². The molecule has 0 spiro atoms. The first-order valence-corrected chi connectivity index (χ1v) is 8.46. The molecule has 0 bridgehead atoms. The Balaban J connectivity index is 1.96. The van der Waals surface area contributed by atoms with Gasteiger partial charge in [-0.15, -0.1) is 0 Å². The molecule has 1 aromatic rings. The van der Waals surface area contributed by atoms with Crippen molar-refractivity contribution in [2.24, 2.45) is 11.3 Å². The van der Waals surface area contributed by atoms with Crippen molar-refractivity contribution >= 4 is 0 Å². The number of rotatable bonds is 6. The molecule has 0 radical (unpaired) electrons. The topological polar surface area (TPSA) is 15.3 Å². The second-order valence-electron chi connectivity index (χ2n) is 7.77. The molecule has 2 heteroatoms. The van der Waals surface area contributed by atoms with Crippen LogP contribution >= 0.6 is 0 Å². The fraction of sp³-hybridized carbons (Fsp3) is 0.684. The SMILES string of the molecule is CC(C)CNCc1ccccc1CN1CCCC(C)(C)C1. The van der Waals surface area contributed by atoms with Crippen LogP contribution in [-0.2, 0) is 13.1 Å². The molecule has 0 saturated carbocycles. The van der Waals surface area contributed by atoms with Crippen LogP contribution < -0.4 is 5.32 Å². The molecule has 1 aromatic carbocycles. The van der Waals surface area contributed by atoms with Gasteiger partial charge in [-0.2, -0.15) is 0 Å². The van der Waals surface area contributed by atoms with Crippen LogP contribution in [0.1, 0.15) is 51.7 Å². The first kappa shape index (κ1) is 16.5. The van der Waals surface area contributed by atoms with Crippen LogP contribution in [0.15, 0.2) is 24.3 Å². The quantitative estimate of drug-likeness (QED) is 0.849. The molecule has 1 N–H and O–H groups in total. The van der Waals surface area contributed by atoms with Crippen LogP contribution in [0.3, 0.4) is 0 Å². The number of hydrogen-bond donors (Lipinski definition) is 1. The van der Waals surface area contributed by atoms with Crippen LogP contribution in [-0.4, -0.2) is 24.5 Å². The lowest BCUT2D eigenvalue weighted by Crippen LogP contribution is -2.39. The summed E-state index contributed by atoms with van der Waals surface area (Å²) in [6.07, 6.45) is 2.70. The molecular weight excluding hydrogens is 256 g/mol. The predicted octanol–water partition coefficient (Wildman–Crippen LogP) is 4.05. The molecule has 1 saturated heterocycles. The molecule has 2 rings (SSSR count).